The molecule has 1 N–H and O–H groups in total. The van der Waals surface area contributed by atoms with Crippen LogP contribution < -0.4 is 5.43 Å². The van der Waals surface area contributed by atoms with Gasteiger partial charge in [-0.25, -0.2) is 10.2 Å². The van der Waals surface area contributed by atoms with Gasteiger partial charge in [0.2, 0.25) is 11.7 Å². The third-order valence-electron chi connectivity index (χ3n) is 3.78. The number of Topliss-reactive ketones (excluding diaryl/α,β-unsaturated/α-hetero) is 1. The molecule has 1 aromatic heterocycles. The smallest absolute Gasteiger partial charge is 0.354 e. The summed E-state index contributed by atoms with van der Waals surface area (Å²) in [5.74, 6) is -1.16. The van der Waals surface area contributed by atoms with E-state index in [1.165, 1.54) is 0 Å². The van der Waals surface area contributed by atoms with Crippen LogP contribution in [0.4, 0.5) is 0 Å². The third-order valence-corrected chi connectivity index (χ3v) is 3.78. The van der Waals surface area contributed by atoms with Crippen molar-refractivity contribution in [2.45, 2.75) is 46.6 Å². The summed E-state index contributed by atoms with van der Waals surface area (Å²) in [4.78, 5) is 35.1. The van der Waals surface area contributed by atoms with Crippen molar-refractivity contribution in [3.05, 3.63) is 23.0 Å². The maximum absolute atomic E-state index is 12.3. The summed E-state index contributed by atoms with van der Waals surface area (Å²) in [6.45, 7) is 7.57. The molecule has 0 saturated carbocycles. The molecule has 0 radical (unpaired) electrons. The molecule has 7 nitrogen and oxygen atoms in total. The number of carbonyl (C=O) groups excluding carboxylic acids is 3. The van der Waals surface area contributed by atoms with Gasteiger partial charge in [0.25, 0.3) is 0 Å². The SMILES string of the molecule is Cc1cc(C(=O)COC(=O)C2=NNC(=O)CC2)c(C)n1C(C)C. The number of aryl methyl sites for hydroxylation is 1. The summed E-state index contributed by atoms with van der Waals surface area (Å²) in [7, 11) is 0. The number of aromatic nitrogens is 1. The van der Waals surface area contributed by atoms with Crippen LogP contribution in [0.1, 0.15) is 54.5 Å². The number of ketones is 1. The number of esters is 1. The highest BCUT2D eigenvalue weighted by Crippen LogP contribution is 2.20. The van der Waals surface area contributed by atoms with Gasteiger partial charge in [0.05, 0.1) is 0 Å². The topological polar surface area (TPSA) is 89.8 Å². The molecule has 23 heavy (non-hydrogen) atoms. The molecule has 0 bridgehead atoms. The van der Waals surface area contributed by atoms with E-state index >= 15 is 0 Å². The average molecular weight is 319 g/mol. The Bertz CT molecular complexity index is 686. The van der Waals surface area contributed by atoms with Crippen molar-refractivity contribution in [3.63, 3.8) is 0 Å². The van der Waals surface area contributed by atoms with Gasteiger partial charge in [-0.05, 0) is 33.8 Å². The molecule has 0 unspecified atom stereocenters. The first-order valence-electron chi connectivity index (χ1n) is 7.55. The lowest BCUT2D eigenvalue weighted by molar-refractivity contribution is -0.134. The Morgan fingerprint density at radius 1 is 1.35 bits per heavy atom. The van der Waals surface area contributed by atoms with Crippen LogP contribution in [0.5, 0.6) is 0 Å². The van der Waals surface area contributed by atoms with E-state index in [2.05, 4.69) is 15.1 Å². The van der Waals surface area contributed by atoms with Gasteiger partial charge < -0.3 is 9.30 Å². The minimum Gasteiger partial charge on any atom is -0.453 e. The zero-order valence-corrected chi connectivity index (χ0v) is 13.8. The highest BCUT2D eigenvalue weighted by molar-refractivity contribution is 6.37. The van der Waals surface area contributed by atoms with Crippen LogP contribution >= 0.6 is 0 Å². The number of hydrogen-bond donors (Lipinski definition) is 1. The van der Waals surface area contributed by atoms with Gasteiger partial charge in [-0.3, -0.25) is 9.59 Å². The van der Waals surface area contributed by atoms with Gasteiger partial charge in [-0.2, -0.15) is 5.10 Å². The van der Waals surface area contributed by atoms with Crippen molar-refractivity contribution in [2.24, 2.45) is 5.10 Å². The van der Waals surface area contributed by atoms with E-state index in [1.807, 2.05) is 33.8 Å². The van der Waals surface area contributed by atoms with E-state index < -0.39 is 5.97 Å². The molecule has 124 valence electrons. The number of carbonyl (C=O) groups is 3. The molecule has 0 fully saturated rings. The van der Waals surface area contributed by atoms with Crippen LogP contribution in [0, 0.1) is 13.8 Å². The molecular formula is C16H21N3O4. The van der Waals surface area contributed by atoms with Gasteiger partial charge in [0, 0.05) is 35.8 Å². The zero-order valence-electron chi connectivity index (χ0n) is 13.8. The van der Waals surface area contributed by atoms with Crippen LogP contribution in [-0.4, -0.2) is 34.5 Å². The monoisotopic (exact) mass is 319 g/mol. The molecule has 2 rings (SSSR count). The molecule has 1 aliphatic heterocycles. The Hall–Kier alpha value is -2.44. The Morgan fingerprint density at radius 2 is 2.04 bits per heavy atom. The van der Waals surface area contributed by atoms with Gasteiger partial charge in [0.15, 0.2) is 6.61 Å². The van der Waals surface area contributed by atoms with Gasteiger partial charge in [0.1, 0.15) is 5.71 Å². The molecule has 0 aliphatic carbocycles. The van der Waals surface area contributed by atoms with Crippen molar-refractivity contribution in [1.82, 2.24) is 9.99 Å². The van der Waals surface area contributed by atoms with Crippen molar-refractivity contribution in [3.8, 4) is 0 Å². The second-order valence-corrected chi connectivity index (χ2v) is 5.84. The maximum atomic E-state index is 12.3. The van der Waals surface area contributed by atoms with E-state index in [0.29, 0.717) is 5.56 Å². The lowest BCUT2D eigenvalue weighted by Crippen LogP contribution is -2.31. The molecule has 0 atom stereocenters. The minimum absolute atomic E-state index is 0.130. The lowest BCUT2D eigenvalue weighted by Gasteiger charge is -2.13. The summed E-state index contributed by atoms with van der Waals surface area (Å²) >= 11 is 0. The highest BCUT2D eigenvalue weighted by atomic mass is 16.5. The zero-order chi connectivity index (χ0) is 17.1. The number of nitrogens with one attached hydrogen (secondary N) is 1. The van der Waals surface area contributed by atoms with Crippen LogP contribution in [0.2, 0.25) is 0 Å². The summed E-state index contributed by atoms with van der Waals surface area (Å²) in [6, 6.07) is 2.06. The molecule has 0 aromatic carbocycles. The fraction of sp³-hybridized carbons (Fsp3) is 0.500. The first-order chi connectivity index (χ1) is 10.8. The fourth-order valence-corrected chi connectivity index (χ4v) is 2.77. The summed E-state index contributed by atoms with van der Waals surface area (Å²) in [6.07, 6.45) is 0.415. The number of nitrogens with zero attached hydrogens (tertiary/aromatic N) is 2. The van der Waals surface area contributed by atoms with Gasteiger partial charge in [-0.1, -0.05) is 0 Å². The summed E-state index contributed by atoms with van der Waals surface area (Å²) in [5.41, 5.74) is 4.77. The van der Waals surface area contributed by atoms with Crippen molar-refractivity contribution in [1.29, 1.82) is 0 Å². The minimum atomic E-state index is -0.670. The molecule has 1 aromatic rings. The van der Waals surface area contributed by atoms with Crippen molar-refractivity contribution in [2.75, 3.05) is 6.61 Å². The summed E-state index contributed by atoms with van der Waals surface area (Å²) in [5, 5.41) is 3.65. The quantitative estimate of drug-likeness (QED) is 0.660. The molecule has 0 spiro atoms. The molecular weight excluding hydrogens is 298 g/mol. The number of ether oxygens (including phenoxy) is 1. The van der Waals surface area contributed by atoms with Crippen LogP contribution in [-0.2, 0) is 14.3 Å². The van der Waals surface area contributed by atoms with E-state index in [-0.39, 0.29) is 42.9 Å². The van der Waals surface area contributed by atoms with E-state index in [4.69, 9.17) is 4.74 Å². The number of hydrogen-bond acceptors (Lipinski definition) is 5. The predicted molar refractivity (Wildman–Crippen MR) is 84.4 cm³/mol. The lowest BCUT2D eigenvalue weighted by atomic mass is 10.1. The fourth-order valence-electron chi connectivity index (χ4n) is 2.77. The normalized spacial score (nSPS) is 14.5. The average Bonchev–Trinajstić information content (AvgIpc) is 2.80. The molecule has 2 heterocycles. The molecule has 0 saturated heterocycles. The number of amides is 1. The van der Waals surface area contributed by atoms with Gasteiger partial charge in [-0.15, -0.1) is 0 Å². The first-order valence-corrected chi connectivity index (χ1v) is 7.55. The number of hydrazone groups is 1. The standard InChI is InChI=1S/C16H21N3O4/c1-9(2)19-10(3)7-12(11(19)4)14(20)8-23-16(22)13-5-6-15(21)18-17-13/h7,9H,5-6,8H2,1-4H3,(H,18,21). The van der Waals surface area contributed by atoms with Crippen LogP contribution in [0.3, 0.4) is 0 Å². The van der Waals surface area contributed by atoms with Crippen LogP contribution in [0.15, 0.2) is 11.2 Å². The molecule has 7 heteroatoms. The second-order valence-electron chi connectivity index (χ2n) is 5.84. The van der Waals surface area contributed by atoms with E-state index in [9.17, 15) is 14.4 Å². The Kier molecular flexibility index (Phi) is 4.98. The highest BCUT2D eigenvalue weighted by Gasteiger charge is 2.22. The summed E-state index contributed by atoms with van der Waals surface area (Å²) < 4.78 is 7.08. The molecule has 1 aliphatic rings. The molecule has 1 amide bonds. The van der Waals surface area contributed by atoms with E-state index in [1.54, 1.807) is 0 Å². The maximum Gasteiger partial charge on any atom is 0.354 e. The predicted octanol–water partition coefficient (Wildman–Crippen LogP) is 1.68. The van der Waals surface area contributed by atoms with Crippen LogP contribution in [0.25, 0.3) is 0 Å². The van der Waals surface area contributed by atoms with Crippen molar-refractivity contribution >= 4 is 23.4 Å². The van der Waals surface area contributed by atoms with E-state index in [0.717, 1.165) is 11.4 Å². The van der Waals surface area contributed by atoms with Crippen molar-refractivity contribution < 1.29 is 19.1 Å². The first kappa shape index (κ1) is 16.9. The third kappa shape index (κ3) is 3.67. The van der Waals surface area contributed by atoms with Gasteiger partial charge >= 0.3 is 5.97 Å². The Labute approximate surface area is 134 Å². The Balaban J connectivity index is 2.02. The largest absolute Gasteiger partial charge is 0.453 e. The number of rotatable bonds is 5. The Morgan fingerprint density at radius 3 is 2.57 bits per heavy atom. The second kappa shape index (κ2) is 6.76.